The third kappa shape index (κ3) is 6.12. The van der Waals surface area contributed by atoms with Crippen molar-refractivity contribution in [2.24, 2.45) is 0 Å². The molecule has 31 heavy (non-hydrogen) atoms. The van der Waals surface area contributed by atoms with Crippen molar-refractivity contribution in [3.05, 3.63) is 52.3 Å². The molecule has 0 unspecified atom stereocenters. The number of fused-ring (bicyclic) bond motifs is 1. The van der Waals surface area contributed by atoms with Crippen LogP contribution in [0.3, 0.4) is 0 Å². The SMILES string of the molecule is CN(CC(=O)Nc1cccc(F)c1)CC(=O)Nc1cc2c(cc1[N+](=O)[O-])OCCCO2. The predicted molar refractivity (Wildman–Crippen MR) is 110 cm³/mol. The summed E-state index contributed by atoms with van der Waals surface area (Å²) in [7, 11) is 1.53. The molecule has 0 saturated heterocycles. The summed E-state index contributed by atoms with van der Waals surface area (Å²) < 4.78 is 24.2. The summed E-state index contributed by atoms with van der Waals surface area (Å²) in [5.41, 5.74) is -0.0633. The summed E-state index contributed by atoms with van der Waals surface area (Å²) in [4.78, 5) is 36.7. The molecule has 0 aromatic heterocycles. The molecule has 164 valence electrons. The van der Waals surface area contributed by atoms with Crippen molar-refractivity contribution in [3.63, 3.8) is 0 Å². The minimum Gasteiger partial charge on any atom is -0.489 e. The maximum atomic E-state index is 13.2. The summed E-state index contributed by atoms with van der Waals surface area (Å²) in [5, 5.41) is 16.4. The van der Waals surface area contributed by atoms with Gasteiger partial charge in [-0.2, -0.15) is 0 Å². The van der Waals surface area contributed by atoms with E-state index in [1.165, 1.54) is 48.3 Å². The van der Waals surface area contributed by atoms with Crippen LogP contribution < -0.4 is 20.1 Å². The molecule has 10 nitrogen and oxygen atoms in total. The van der Waals surface area contributed by atoms with Gasteiger partial charge in [0, 0.05) is 18.2 Å². The summed E-state index contributed by atoms with van der Waals surface area (Å²) >= 11 is 0. The molecule has 0 spiro atoms. The molecule has 0 radical (unpaired) electrons. The highest BCUT2D eigenvalue weighted by molar-refractivity contribution is 5.96. The van der Waals surface area contributed by atoms with Gasteiger partial charge in [0.15, 0.2) is 11.5 Å². The molecular formula is C20H21FN4O6. The Morgan fingerprint density at radius 2 is 1.74 bits per heavy atom. The van der Waals surface area contributed by atoms with Gasteiger partial charge < -0.3 is 20.1 Å². The van der Waals surface area contributed by atoms with Gasteiger partial charge in [-0.15, -0.1) is 0 Å². The number of nitrogens with one attached hydrogen (secondary N) is 2. The largest absolute Gasteiger partial charge is 0.489 e. The summed E-state index contributed by atoms with van der Waals surface area (Å²) in [6.07, 6.45) is 0.632. The van der Waals surface area contributed by atoms with E-state index in [-0.39, 0.29) is 30.2 Å². The molecule has 1 heterocycles. The van der Waals surface area contributed by atoms with Crippen molar-refractivity contribution in [2.75, 3.05) is 44.0 Å². The second kappa shape index (κ2) is 9.85. The van der Waals surface area contributed by atoms with Gasteiger partial charge in [0.25, 0.3) is 5.69 Å². The van der Waals surface area contributed by atoms with Crippen molar-refractivity contribution < 1.29 is 28.4 Å². The first-order chi connectivity index (χ1) is 14.8. The maximum absolute atomic E-state index is 13.2. The van der Waals surface area contributed by atoms with Crippen molar-refractivity contribution in [2.45, 2.75) is 6.42 Å². The number of nitrogens with zero attached hydrogens (tertiary/aromatic N) is 2. The standard InChI is InChI=1S/C20H21FN4O6/c1-24(11-19(26)22-14-5-2-4-13(21)8-14)12-20(27)23-15-9-17-18(10-16(15)25(28)29)31-7-3-6-30-17/h2,4-5,8-10H,3,6-7,11-12H2,1H3,(H,22,26)(H,23,27). The van der Waals surface area contributed by atoms with E-state index in [1.807, 2.05) is 0 Å². The smallest absolute Gasteiger partial charge is 0.296 e. The summed E-state index contributed by atoms with van der Waals surface area (Å²) in [6, 6.07) is 8.00. The number of amides is 2. The quantitative estimate of drug-likeness (QED) is 0.509. The van der Waals surface area contributed by atoms with Crippen LogP contribution in [0.25, 0.3) is 0 Å². The van der Waals surface area contributed by atoms with E-state index in [0.717, 1.165) is 0 Å². The van der Waals surface area contributed by atoms with E-state index in [4.69, 9.17) is 9.47 Å². The first-order valence-electron chi connectivity index (χ1n) is 9.43. The average molecular weight is 432 g/mol. The van der Waals surface area contributed by atoms with Crippen LogP contribution in [0.5, 0.6) is 11.5 Å². The van der Waals surface area contributed by atoms with E-state index in [1.54, 1.807) is 0 Å². The molecule has 2 N–H and O–H groups in total. The van der Waals surface area contributed by atoms with Crippen LogP contribution in [0.2, 0.25) is 0 Å². The van der Waals surface area contributed by atoms with E-state index in [9.17, 15) is 24.1 Å². The van der Waals surface area contributed by atoms with Crippen molar-refractivity contribution in [3.8, 4) is 11.5 Å². The minimum atomic E-state index is -0.625. The first-order valence-corrected chi connectivity index (χ1v) is 9.43. The summed E-state index contributed by atoms with van der Waals surface area (Å²) in [5.74, 6) is -0.932. The van der Waals surface area contributed by atoms with E-state index < -0.39 is 22.6 Å². The Balaban J connectivity index is 1.61. The molecule has 1 aliphatic heterocycles. The Labute approximate surface area is 177 Å². The zero-order valence-corrected chi connectivity index (χ0v) is 16.7. The van der Waals surface area contributed by atoms with Crippen molar-refractivity contribution in [1.82, 2.24) is 4.90 Å². The number of ether oxygens (including phenoxy) is 2. The van der Waals surface area contributed by atoms with Crippen LogP contribution in [0.4, 0.5) is 21.5 Å². The number of benzene rings is 2. The van der Waals surface area contributed by atoms with Gasteiger partial charge in [-0.05, 0) is 25.2 Å². The molecule has 0 bridgehead atoms. The average Bonchev–Trinajstić information content (AvgIpc) is 2.91. The van der Waals surface area contributed by atoms with Gasteiger partial charge in [-0.1, -0.05) is 6.07 Å². The number of likely N-dealkylation sites (N-methyl/N-ethyl adjacent to an activating group) is 1. The van der Waals surface area contributed by atoms with Crippen molar-refractivity contribution >= 4 is 28.9 Å². The fourth-order valence-corrected chi connectivity index (χ4v) is 2.95. The molecular weight excluding hydrogens is 411 g/mol. The van der Waals surface area contributed by atoms with E-state index in [2.05, 4.69) is 10.6 Å². The number of nitro benzene ring substituents is 1. The van der Waals surface area contributed by atoms with Crippen LogP contribution in [0, 0.1) is 15.9 Å². The number of anilines is 2. The van der Waals surface area contributed by atoms with Gasteiger partial charge in [-0.3, -0.25) is 24.6 Å². The third-order valence-corrected chi connectivity index (χ3v) is 4.27. The molecule has 0 saturated carbocycles. The highest BCUT2D eigenvalue weighted by Gasteiger charge is 2.23. The monoisotopic (exact) mass is 432 g/mol. The van der Waals surface area contributed by atoms with E-state index in [0.29, 0.717) is 31.1 Å². The number of nitro groups is 1. The Morgan fingerprint density at radius 1 is 1.10 bits per heavy atom. The molecule has 11 heteroatoms. The predicted octanol–water partition coefficient (Wildman–Crippen LogP) is 2.40. The van der Waals surface area contributed by atoms with Crippen LogP contribution in [0.15, 0.2) is 36.4 Å². The molecule has 3 rings (SSSR count). The first kappa shape index (κ1) is 22.0. The Morgan fingerprint density at radius 3 is 2.39 bits per heavy atom. The number of carbonyl (C=O) groups is 2. The number of carbonyl (C=O) groups excluding carboxylic acids is 2. The lowest BCUT2D eigenvalue weighted by atomic mass is 10.2. The highest BCUT2D eigenvalue weighted by Crippen LogP contribution is 2.39. The fraction of sp³-hybridized carbons (Fsp3) is 0.300. The lowest BCUT2D eigenvalue weighted by molar-refractivity contribution is -0.384. The lowest BCUT2D eigenvalue weighted by Crippen LogP contribution is -2.36. The second-order valence-electron chi connectivity index (χ2n) is 6.90. The molecule has 2 aromatic rings. The Bertz CT molecular complexity index is 1000. The normalized spacial score (nSPS) is 12.7. The van der Waals surface area contributed by atoms with Gasteiger partial charge in [0.05, 0.1) is 37.3 Å². The van der Waals surface area contributed by atoms with Crippen LogP contribution in [0.1, 0.15) is 6.42 Å². The topological polar surface area (TPSA) is 123 Å². The van der Waals surface area contributed by atoms with Gasteiger partial charge >= 0.3 is 0 Å². The maximum Gasteiger partial charge on any atom is 0.296 e. The van der Waals surface area contributed by atoms with Gasteiger partial charge in [0.1, 0.15) is 11.5 Å². The van der Waals surface area contributed by atoms with Gasteiger partial charge in [-0.25, -0.2) is 4.39 Å². The fourth-order valence-electron chi connectivity index (χ4n) is 2.95. The Hall–Kier alpha value is -3.73. The van der Waals surface area contributed by atoms with Crippen LogP contribution >= 0.6 is 0 Å². The number of hydrogen-bond acceptors (Lipinski definition) is 7. The highest BCUT2D eigenvalue weighted by atomic mass is 19.1. The number of rotatable bonds is 7. The number of hydrogen-bond donors (Lipinski definition) is 2. The molecule has 0 aliphatic carbocycles. The molecule has 0 fully saturated rings. The van der Waals surface area contributed by atoms with Crippen LogP contribution in [-0.2, 0) is 9.59 Å². The minimum absolute atomic E-state index is 0.0307. The van der Waals surface area contributed by atoms with Gasteiger partial charge in [0.2, 0.25) is 11.8 Å². The Kier molecular flexibility index (Phi) is 6.98. The molecule has 1 aliphatic rings. The zero-order chi connectivity index (χ0) is 22.4. The third-order valence-electron chi connectivity index (χ3n) is 4.27. The molecule has 2 aromatic carbocycles. The van der Waals surface area contributed by atoms with Crippen LogP contribution in [-0.4, -0.2) is 55.0 Å². The summed E-state index contributed by atoms with van der Waals surface area (Å²) in [6.45, 7) is 0.412. The van der Waals surface area contributed by atoms with Crippen molar-refractivity contribution in [1.29, 1.82) is 0 Å². The molecule has 0 atom stereocenters. The molecule has 2 amide bonds. The number of halogens is 1. The lowest BCUT2D eigenvalue weighted by Gasteiger charge is -2.16. The zero-order valence-electron chi connectivity index (χ0n) is 16.7. The second-order valence-corrected chi connectivity index (χ2v) is 6.90. The van der Waals surface area contributed by atoms with E-state index >= 15 is 0 Å².